The molecule has 0 heterocycles. The first kappa shape index (κ1) is 17.9. The first-order chi connectivity index (χ1) is 12.2. The van der Waals surface area contributed by atoms with Crippen LogP contribution in [0.2, 0.25) is 0 Å². The van der Waals surface area contributed by atoms with Gasteiger partial charge in [-0.1, -0.05) is 60.7 Å². The fourth-order valence-electron chi connectivity index (χ4n) is 2.54. The van der Waals surface area contributed by atoms with Crippen molar-refractivity contribution in [3.63, 3.8) is 0 Å². The molecule has 0 bridgehead atoms. The van der Waals surface area contributed by atoms with Crippen molar-refractivity contribution in [1.29, 1.82) is 0 Å². The van der Waals surface area contributed by atoms with Crippen molar-refractivity contribution < 1.29 is 0 Å². The summed E-state index contributed by atoms with van der Waals surface area (Å²) < 4.78 is 1.21. The number of thiocarbonyl (C=S) groups is 1. The third-order valence-corrected chi connectivity index (χ3v) is 4.89. The highest BCUT2D eigenvalue weighted by Gasteiger charge is 2.11. The first-order valence-corrected chi connectivity index (χ1v) is 9.59. The van der Waals surface area contributed by atoms with E-state index in [9.17, 15) is 0 Å². The van der Waals surface area contributed by atoms with Gasteiger partial charge < -0.3 is 10.2 Å². The molecule has 126 valence electrons. The molecular weight excluding hydrogens is 439 g/mol. The highest BCUT2D eigenvalue weighted by Crippen LogP contribution is 2.15. The van der Waals surface area contributed by atoms with Crippen LogP contribution in [0.5, 0.6) is 0 Å². The third-order valence-electron chi connectivity index (χ3n) is 3.82. The van der Waals surface area contributed by atoms with E-state index in [0.29, 0.717) is 0 Å². The molecular formula is C21H19IN2S. The van der Waals surface area contributed by atoms with E-state index in [1.807, 2.05) is 12.1 Å². The second kappa shape index (κ2) is 8.97. The fraction of sp³-hybridized carbons (Fsp3) is 0.0952. The summed E-state index contributed by atoms with van der Waals surface area (Å²) >= 11 is 8.00. The molecule has 0 radical (unpaired) electrons. The van der Waals surface area contributed by atoms with Crippen molar-refractivity contribution in [3.8, 4) is 0 Å². The Kier molecular flexibility index (Phi) is 6.42. The van der Waals surface area contributed by atoms with Crippen LogP contribution in [0, 0.1) is 3.57 Å². The summed E-state index contributed by atoms with van der Waals surface area (Å²) in [5.74, 6) is 0. The zero-order valence-corrected chi connectivity index (χ0v) is 16.7. The van der Waals surface area contributed by atoms with E-state index >= 15 is 0 Å². The smallest absolute Gasteiger partial charge is 0.174 e. The summed E-state index contributed by atoms with van der Waals surface area (Å²) in [7, 11) is 0. The van der Waals surface area contributed by atoms with E-state index < -0.39 is 0 Å². The van der Waals surface area contributed by atoms with E-state index in [0.717, 1.165) is 23.9 Å². The van der Waals surface area contributed by atoms with E-state index in [4.69, 9.17) is 12.2 Å². The fourth-order valence-corrected chi connectivity index (χ4v) is 3.15. The maximum Gasteiger partial charge on any atom is 0.174 e. The van der Waals surface area contributed by atoms with Crippen molar-refractivity contribution in [2.75, 3.05) is 5.32 Å². The molecule has 3 aromatic carbocycles. The Balaban J connectivity index is 1.76. The van der Waals surface area contributed by atoms with Crippen LogP contribution in [0.1, 0.15) is 11.1 Å². The second-order valence-electron chi connectivity index (χ2n) is 5.76. The maximum absolute atomic E-state index is 5.70. The number of nitrogens with zero attached hydrogens (tertiary/aromatic N) is 1. The zero-order chi connectivity index (χ0) is 17.5. The summed E-state index contributed by atoms with van der Waals surface area (Å²) in [6.07, 6.45) is 0. The Hall–Kier alpha value is -1.92. The van der Waals surface area contributed by atoms with Crippen LogP contribution in [-0.4, -0.2) is 10.0 Å². The van der Waals surface area contributed by atoms with Crippen LogP contribution in [0.25, 0.3) is 0 Å². The molecule has 25 heavy (non-hydrogen) atoms. The lowest BCUT2D eigenvalue weighted by Gasteiger charge is -2.26. The molecule has 0 aromatic heterocycles. The molecule has 0 unspecified atom stereocenters. The molecule has 0 amide bonds. The standard InChI is InChI=1S/C21H19IN2S/c22-19-11-13-20(14-12-19)23-21(25)24(15-17-7-3-1-4-8-17)16-18-9-5-2-6-10-18/h1-14H,15-16H2,(H,23,25). The van der Waals surface area contributed by atoms with Crippen molar-refractivity contribution in [2.45, 2.75) is 13.1 Å². The normalized spacial score (nSPS) is 10.3. The number of hydrogen-bond acceptors (Lipinski definition) is 1. The Labute approximate surface area is 168 Å². The largest absolute Gasteiger partial charge is 0.340 e. The van der Waals surface area contributed by atoms with Gasteiger partial charge in [0.1, 0.15) is 0 Å². The highest BCUT2D eigenvalue weighted by atomic mass is 127. The van der Waals surface area contributed by atoms with Gasteiger partial charge in [0.15, 0.2) is 5.11 Å². The topological polar surface area (TPSA) is 15.3 Å². The van der Waals surface area contributed by atoms with Gasteiger partial charge in [-0.05, 0) is 70.2 Å². The molecule has 0 aliphatic carbocycles. The van der Waals surface area contributed by atoms with Gasteiger partial charge in [-0.25, -0.2) is 0 Å². The molecule has 0 atom stereocenters. The van der Waals surface area contributed by atoms with Gasteiger partial charge in [-0.2, -0.15) is 0 Å². The van der Waals surface area contributed by atoms with Gasteiger partial charge in [0, 0.05) is 22.3 Å². The van der Waals surface area contributed by atoms with Gasteiger partial charge in [0.25, 0.3) is 0 Å². The molecule has 3 aromatic rings. The number of anilines is 1. The summed E-state index contributed by atoms with van der Waals surface area (Å²) in [6, 6.07) is 29.1. The molecule has 0 aliphatic rings. The summed E-state index contributed by atoms with van der Waals surface area (Å²) in [5.41, 5.74) is 3.49. The average Bonchev–Trinajstić information content (AvgIpc) is 2.65. The number of nitrogens with one attached hydrogen (secondary N) is 1. The monoisotopic (exact) mass is 458 g/mol. The SMILES string of the molecule is S=C(Nc1ccc(I)cc1)N(Cc1ccccc1)Cc1ccccc1. The minimum atomic E-state index is 0.730. The minimum Gasteiger partial charge on any atom is -0.340 e. The average molecular weight is 458 g/mol. The van der Waals surface area contributed by atoms with Crippen molar-refractivity contribution in [3.05, 3.63) is 99.6 Å². The molecule has 0 aliphatic heterocycles. The lowest BCUT2D eigenvalue weighted by atomic mass is 10.2. The Morgan fingerprint density at radius 1 is 0.760 bits per heavy atom. The Morgan fingerprint density at radius 2 is 1.24 bits per heavy atom. The van der Waals surface area contributed by atoms with Gasteiger partial charge in [-0.15, -0.1) is 0 Å². The van der Waals surface area contributed by atoms with E-state index in [1.165, 1.54) is 14.7 Å². The predicted octanol–water partition coefficient (Wildman–Crippen LogP) is 5.69. The summed E-state index contributed by atoms with van der Waals surface area (Å²) in [6.45, 7) is 1.54. The zero-order valence-electron chi connectivity index (χ0n) is 13.7. The van der Waals surface area contributed by atoms with Crippen molar-refractivity contribution in [2.24, 2.45) is 0 Å². The van der Waals surface area contributed by atoms with E-state index in [2.05, 4.69) is 106 Å². The number of halogens is 1. The lowest BCUT2D eigenvalue weighted by molar-refractivity contribution is 0.413. The first-order valence-electron chi connectivity index (χ1n) is 8.10. The van der Waals surface area contributed by atoms with Crippen LogP contribution >= 0.6 is 34.8 Å². The van der Waals surface area contributed by atoms with Gasteiger partial charge in [-0.3, -0.25) is 0 Å². The number of rotatable bonds is 5. The van der Waals surface area contributed by atoms with E-state index in [1.54, 1.807) is 0 Å². The number of hydrogen-bond donors (Lipinski definition) is 1. The lowest BCUT2D eigenvalue weighted by Crippen LogP contribution is -2.33. The van der Waals surface area contributed by atoms with E-state index in [-0.39, 0.29) is 0 Å². The molecule has 0 saturated heterocycles. The molecule has 0 saturated carbocycles. The minimum absolute atomic E-state index is 0.730. The molecule has 2 nitrogen and oxygen atoms in total. The summed E-state index contributed by atoms with van der Waals surface area (Å²) in [5, 5.41) is 4.09. The van der Waals surface area contributed by atoms with Crippen molar-refractivity contribution in [1.82, 2.24) is 4.90 Å². The van der Waals surface area contributed by atoms with Crippen LogP contribution in [0.15, 0.2) is 84.9 Å². The van der Waals surface area contributed by atoms with Gasteiger partial charge >= 0.3 is 0 Å². The predicted molar refractivity (Wildman–Crippen MR) is 118 cm³/mol. The molecule has 0 fully saturated rings. The van der Waals surface area contributed by atoms with Crippen molar-refractivity contribution >= 4 is 45.6 Å². The molecule has 1 N–H and O–H groups in total. The quantitative estimate of drug-likeness (QED) is 0.391. The van der Waals surface area contributed by atoms with Crippen LogP contribution in [0.4, 0.5) is 5.69 Å². The number of benzene rings is 3. The molecule has 3 rings (SSSR count). The van der Waals surface area contributed by atoms with Crippen LogP contribution in [-0.2, 0) is 13.1 Å². The Bertz CT molecular complexity index is 763. The van der Waals surface area contributed by atoms with Crippen LogP contribution < -0.4 is 5.32 Å². The van der Waals surface area contributed by atoms with Gasteiger partial charge in [0.05, 0.1) is 0 Å². The maximum atomic E-state index is 5.70. The summed E-state index contributed by atoms with van der Waals surface area (Å²) in [4.78, 5) is 2.19. The molecule has 4 heteroatoms. The molecule has 0 spiro atoms. The third kappa shape index (κ3) is 5.54. The Morgan fingerprint density at radius 3 is 1.72 bits per heavy atom. The second-order valence-corrected chi connectivity index (χ2v) is 7.40. The highest BCUT2D eigenvalue weighted by molar-refractivity contribution is 14.1. The van der Waals surface area contributed by atoms with Gasteiger partial charge in [0.2, 0.25) is 0 Å². The van der Waals surface area contributed by atoms with Crippen LogP contribution in [0.3, 0.4) is 0 Å².